The minimum atomic E-state index is -0.489. The van der Waals surface area contributed by atoms with Crippen LogP contribution in [-0.4, -0.2) is 16.4 Å². The average molecular weight is 352 g/mol. The summed E-state index contributed by atoms with van der Waals surface area (Å²) in [7, 11) is 0. The maximum Gasteiger partial charge on any atom is 0.255 e. The number of carbonyl (C=O) groups excluding carboxylic acids is 2. The number of carbonyl (C=O) groups is 2. The number of hydrogen-bond acceptors (Lipinski definition) is 3. The molecule has 7 heteroatoms. The van der Waals surface area contributed by atoms with Crippen LogP contribution in [-0.2, 0) is 4.79 Å². The molecule has 0 fully saturated rings. The largest absolute Gasteiger partial charge is 0.397 e. The number of amides is 2. The molecule has 2 aromatic carbocycles. The Labute approximate surface area is 149 Å². The van der Waals surface area contributed by atoms with Crippen molar-refractivity contribution in [2.45, 2.75) is 6.92 Å². The number of anilines is 3. The molecule has 0 aliphatic carbocycles. The van der Waals surface area contributed by atoms with Gasteiger partial charge in [-0.15, -0.1) is 0 Å². The standard InChI is InChI=1S/C19H17FN4O2/c1-12(25)22-14-6-4-13(5-7-14)19(26)23-17-11-18(15(20)10-16(17)21)24-8-2-3-9-24/h2-11H,21H2,1H3,(H,22,25)(H,23,26). The van der Waals surface area contributed by atoms with E-state index >= 15 is 0 Å². The van der Waals surface area contributed by atoms with E-state index in [0.717, 1.165) is 0 Å². The van der Waals surface area contributed by atoms with E-state index in [1.165, 1.54) is 19.1 Å². The molecule has 4 N–H and O–H groups in total. The van der Waals surface area contributed by atoms with Crippen LogP contribution < -0.4 is 16.4 Å². The Kier molecular flexibility index (Phi) is 4.70. The lowest BCUT2D eigenvalue weighted by atomic mass is 10.1. The van der Waals surface area contributed by atoms with Gasteiger partial charge in [0.15, 0.2) is 0 Å². The van der Waals surface area contributed by atoms with Crippen LogP contribution in [0, 0.1) is 5.82 Å². The first-order chi connectivity index (χ1) is 12.4. The summed E-state index contributed by atoms with van der Waals surface area (Å²) in [5, 5.41) is 5.31. The van der Waals surface area contributed by atoms with Crippen molar-refractivity contribution in [3.05, 3.63) is 72.3 Å². The molecule has 0 spiro atoms. The molecule has 0 bridgehead atoms. The van der Waals surface area contributed by atoms with Crippen molar-refractivity contribution in [2.24, 2.45) is 0 Å². The first kappa shape index (κ1) is 17.2. The molecular weight excluding hydrogens is 335 g/mol. The van der Waals surface area contributed by atoms with Crippen molar-refractivity contribution in [1.82, 2.24) is 4.57 Å². The molecule has 132 valence electrons. The van der Waals surface area contributed by atoms with E-state index in [4.69, 9.17) is 5.73 Å². The highest BCUT2D eigenvalue weighted by atomic mass is 19.1. The summed E-state index contributed by atoms with van der Waals surface area (Å²) in [4.78, 5) is 23.5. The minimum Gasteiger partial charge on any atom is -0.397 e. The molecule has 0 atom stereocenters. The van der Waals surface area contributed by atoms with E-state index < -0.39 is 11.7 Å². The zero-order valence-electron chi connectivity index (χ0n) is 14.0. The highest BCUT2D eigenvalue weighted by Gasteiger charge is 2.13. The molecule has 0 aliphatic rings. The second kappa shape index (κ2) is 7.10. The zero-order valence-corrected chi connectivity index (χ0v) is 14.0. The Morgan fingerprint density at radius 2 is 1.69 bits per heavy atom. The number of benzene rings is 2. The topological polar surface area (TPSA) is 89.2 Å². The van der Waals surface area contributed by atoms with Gasteiger partial charge in [0, 0.05) is 36.6 Å². The van der Waals surface area contributed by atoms with E-state index in [2.05, 4.69) is 10.6 Å². The van der Waals surface area contributed by atoms with E-state index in [0.29, 0.717) is 16.9 Å². The first-order valence-electron chi connectivity index (χ1n) is 7.85. The highest BCUT2D eigenvalue weighted by Crippen LogP contribution is 2.26. The van der Waals surface area contributed by atoms with Gasteiger partial charge in [-0.1, -0.05) is 0 Å². The second-order valence-corrected chi connectivity index (χ2v) is 5.69. The van der Waals surface area contributed by atoms with Crippen LogP contribution in [0.1, 0.15) is 17.3 Å². The van der Waals surface area contributed by atoms with Crippen LogP contribution in [0.5, 0.6) is 0 Å². The molecule has 0 radical (unpaired) electrons. The van der Waals surface area contributed by atoms with E-state index in [1.54, 1.807) is 53.4 Å². The van der Waals surface area contributed by atoms with Crippen LogP contribution in [0.25, 0.3) is 5.69 Å². The van der Waals surface area contributed by atoms with Gasteiger partial charge in [-0.3, -0.25) is 9.59 Å². The number of rotatable bonds is 4. The van der Waals surface area contributed by atoms with Gasteiger partial charge in [-0.2, -0.15) is 0 Å². The summed E-state index contributed by atoms with van der Waals surface area (Å²) in [6.07, 6.45) is 3.39. The van der Waals surface area contributed by atoms with Crippen molar-refractivity contribution in [3.63, 3.8) is 0 Å². The number of nitrogen functional groups attached to an aromatic ring is 1. The van der Waals surface area contributed by atoms with Crippen molar-refractivity contribution in [1.29, 1.82) is 0 Å². The van der Waals surface area contributed by atoms with Crippen molar-refractivity contribution in [2.75, 3.05) is 16.4 Å². The first-order valence-corrected chi connectivity index (χ1v) is 7.85. The predicted molar refractivity (Wildman–Crippen MR) is 98.8 cm³/mol. The molecule has 3 aromatic rings. The van der Waals surface area contributed by atoms with Crippen LogP contribution in [0.15, 0.2) is 60.9 Å². The second-order valence-electron chi connectivity index (χ2n) is 5.69. The summed E-state index contributed by atoms with van der Waals surface area (Å²) in [6, 6.07) is 12.6. The van der Waals surface area contributed by atoms with Crippen LogP contribution in [0.3, 0.4) is 0 Å². The van der Waals surface area contributed by atoms with Crippen LogP contribution >= 0.6 is 0 Å². The number of halogens is 1. The van der Waals surface area contributed by atoms with E-state index in [1.807, 2.05) is 0 Å². The SMILES string of the molecule is CC(=O)Nc1ccc(C(=O)Nc2cc(-n3cccc3)c(F)cc2N)cc1. The summed E-state index contributed by atoms with van der Waals surface area (Å²) >= 11 is 0. The van der Waals surface area contributed by atoms with Gasteiger partial charge >= 0.3 is 0 Å². The number of hydrogen-bond donors (Lipinski definition) is 3. The normalized spacial score (nSPS) is 10.4. The lowest BCUT2D eigenvalue weighted by molar-refractivity contribution is -0.114. The molecule has 26 heavy (non-hydrogen) atoms. The van der Waals surface area contributed by atoms with Crippen molar-refractivity contribution < 1.29 is 14.0 Å². The summed E-state index contributed by atoms with van der Waals surface area (Å²) < 4.78 is 15.7. The number of nitrogens with one attached hydrogen (secondary N) is 2. The lowest BCUT2D eigenvalue weighted by Crippen LogP contribution is -2.14. The Morgan fingerprint density at radius 3 is 2.31 bits per heavy atom. The molecule has 1 aromatic heterocycles. The number of aromatic nitrogens is 1. The maximum atomic E-state index is 14.2. The highest BCUT2D eigenvalue weighted by molar-refractivity contribution is 6.06. The third-order valence-corrected chi connectivity index (χ3v) is 3.72. The summed E-state index contributed by atoms with van der Waals surface area (Å²) in [6.45, 7) is 1.40. The van der Waals surface area contributed by atoms with Crippen LogP contribution in [0.2, 0.25) is 0 Å². The van der Waals surface area contributed by atoms with Gasteiger partial charge in [0.05, 0.1) is 17.1 Å². The molecule has 6 nitrogen and oxygen atoms in total. The van der Waals surface area contributed by atoms with Gasteiger partial charge in [0.2, 0.25) is 5.91 Å². The van der Waals surface area contributed by atoms with Crippen molar-refractivity contribution in [3.8, 4) is 5.69 Å². The van der Waals surface area contributed by atoms with Crippen molar-refractivity contribution >= 4 is 28.9 Å². The zero-order chi connectivity index (χ0) is 18.7. The molecule has 1 heterocycles. The van der Waals surface area contributed by atoms with Gasteiger partial charge in [-0.05, 0) is 42.5 Å². The van der Waals surface area contributed by atoms with Gasteiger partial charge < -0.3 is 20.9 Å². The average Bonchev–Trinajstić information content (AvgIpc) is 3.11. The summed E-state index contributed by atoms with van der Waals surface area (Å²) in [5.74, 6) is -1.08. The fourth-order valence-electron chi connectivity index (χ4n) is 2.48. The maximum absolute atomic E-state index is 14.2. The lowest BCUT2D eigenvalue weighted by Gasteiger charge is -2.12. The monoisotopic (exact) mass is 352 g/mol. The molecule has 0 saturated carbocycles. The van der Waals surface area contributed by atoms with Gasteiger partial charge in [0.1, 0.15) is 5.82 Å². The third kappa shape index (κ3) is 3.72. The summed E-state index contributed by atoms with van der Waals surface area (Å²) in [5.41, 5.74) is 7.52. The third-order valence-electron chi connectivity index (χ3n) is 3.72. The molecule has 3 rings (SSSR count). The Hall–Kier alpha value is -3.61. The quantitative estimate of drug-likeness (QED) is 0.629. The smallest absolute Gasteiger partial charge is 0.255 e. The van der Waals surface area contributed by atoms with E-state index in [-0.39, 0.29) is 17.3 Å². The molecular formula is C19H17FN4O2. The molecule has 2 amide bonds. The molecule has 0 saturated heterocycles. The molecule has 0 unspecified atom stereocenters. The number of nitrogens with zero attached hydrogens (tertiary/aromatic N) is 1. The predicted octanol–water partition coefficient (Wildman–Crippen LogP) is 3.41. The minimum absolute atomic E-state index is 0.127. The fraction of sp³-hybridized carbons (Fsp3) is 0.0526. The fourth-order valence-corrected chi connectivity index (χ4v) is 2.48. The number of nitrogens with two attached hydrogens (primary N) is 1. The van der Waals surface area contributed by atoms with E-state index in [9.17, 15) is 14.0 Å². The Balaban J connectivity index is 1.83. The Bertz CT molecular complexity index is 950. The van der Waals surface area contributed by atoms with Gasteiger partial charge in [-0.25, -0.2) is 4.39 Å². The Morgan fingerprint density at radius 1 is 1.04 bits per heavy atom. The molecule has 0 aliphatic heterocycles. The van der Waals surface area contributed by atoms with Gasteiger partial charge in [0.25, 0.3) is 5.91 Å². The van der Waals surface area contributed by atoms with Crippen LogP contribution in [0.4, 0.5) is 21.5 Å².